The van der Waals surface area contributed by atoms with E-state index in [4.69, 9.17) is 0 Å². The van der Waals surface area contributed by atoms with Gasteiger partial charge < -0.3 is 15.5 Å². The number of carbonyl (C=O) groups is 5. The lowest BCUT2D eigenvalue weighted by molar-refractivity contribution is -0.143. The van der Waals surface area contributed by atoms with Crippen molar-refractivity contribution in [3.63, 3.8) is 0 Å². The van der Waals surface area contributed by atoms with E-state index in [1.54, 1.807) is 0 Å². The first-order chi connectivity index (χ1) is 14.8. The number of hydrogen-bond donors (Lipinski definition) is 2. The van der Waals surface area contributed by atoms with Gasteiger partial charge in [0.2, 0.25) is 23.5 Å². The van der Waals surface area contributed by atoms with Crippen LogP contribution in [-0.4, -0.2) is 59.4 Å². The van der Waals surface area contributed by atoms with Gasteiger partial charge in [0, 0.05) is 19.9 Å². The van der Waals surface area contributed by atoms with Gasteiger partial charge in [-0.25, -0.2) is 0 Å². The summed E-state index contributed by atoms with van der Waals surface area (Å²) in [4.78, 5) is 62.5. The van der Waals surface area contributed by atoms with E-state index in [2.05, 4.69) is 10.6 Å². The summed E-state index contributed by atoms with van der Waals surface area (Å²) >= 11 is 0. The molecule has 0 saturated carbocycles. The number of carbonyl (C=O) groups excluding carboxylic acids is 5. The van der Waals surface area contributed by atoms with Gasteiger partial charge in [0.15, 0.2) is 6.29 Å². The van der Waals surface area contributed by atoms with Crippen LogP contribution in [0.2, 0.25) is 0 Å². The fourth-order valence-electron chi connectivity index (χ4n) is 3.81. The van der Waals surface area contributed by atoms with Gasteiger partial charge in [-0.05, 0) is 24.3 Å². The monoisotopic (exact) mass is 429 g/mol. The van der Waals surface area contributed by atoms with E-state index in [0.29, 0.717) is 25.8 Å². The zero-order valence-electron chi connectivity index (χ0n) is 18.3. The summed E-state index contributed by atoms with van der Waals surface area (Å²) in [5, 5.41) is 5.37. The zero-order chi connectivity index (χ0) is 23.0. The van der Waals surface area contributed by atoms with Gasteiger partial charge in [0.25, 0.3) is 0 Å². The van der Waals surface area contributed by atoms with Crippen molar-refractivity contribution < 1.29 is 24.0 Å². The van der Waals surface area contributed by atoms with Crippen LogP contribution in [0.4, 0.5) is 0 Å². The lowest BCUT2D eigenvalue weighted by Crippen LogP contribution is -2.56. The maximum atomic E-state index is 13.2. The molecule has 0 radical (unpaired) electrons. The molecule has 1 aliphatic heterocycles. The largest absolute Gasteiger partial charge is 0.344 e. The molecule has 1 aliphatic rings. The van der Waals surface area contributed by atoms with E-state index in [0.717, 1.165) is 5.56 Å². The van der Waals surface area contributed by atoms with Crippen LogP contribution in [0, 0.1) is 5.92 Å². The highest BCUT2D eigenvalue weighted by Crippen LogP contribution is 2.22. The molecule has 2 N–H and O–H groups in total. The maximum absolute atomic E-state index is 13.2. The van der Waals surface area contributed by atoms with Crippen molar-refractivity contribution in [2.24, 2.45) is 5.92 Å². The Kier molecular flexibility index (Phi) is 8.90. The average Bonchev–Trinajstić information content (AvgIpc) is 3.26. The van der Waals surface area contributed by atoms with E-state index in [9.17, 15) is 24.0 Å². The molecule has 0 aromatic heterocycles. The summed E-state index contributed by atoms with van der Waals surface area (Å²) in [5.74, 6) is -1.89. The highest BCUT2D eigenvalue weighted by Gasteiger charge is 2.39. The predicted octanol–water partition coefficient (Wildman–Crippen LogP) is 1.02. The highest BCUT2D eigenvalue weighted by atomic mass is 16.2. The lowest BCUT2D eigenvalue weighted by Gasteiger charge is -2.31. The maximum Gasteiger partial charge on any atom is 0.246 e. The normalized spacial score (nSPS) is 18.5. The van der Waals surface area contributed by atoms with E-state index in [1.165, 1.54) is 11.8 Å². The number of aldehydes is 1. The third kappa shape index (κ3) is 6.47. The molecule has 2 rings (SSSR count). The van der Waals surface area contributed by atoms with Crippen LogP contribution in [0.3, 0.4) is 0 Å². The molecule has 1 fully saturated rings. The smallest absolute Gasteiger partial charge is 0.246 e. The molecule has 1 aromatic rings. The van der Waals surface area contributed by atoms with Crippen molar-refractivity contribution in [1.29, 1.82) is 0 Å². The average molecular weight is 430 g/mol. The number of hydrogen-bond acceptors (Lipinski definition) is 5. The second kappa shape index (κ2) is 11.4. The van der Waals surface area contributed by atoms with Gasteiger partial charge in [-0.1, -0.05) is 50.6 Å². The topological polar surface area (TPSA) is 113 Å². The molecule has 0 unspecified atom stereocenters. The second-order valence-electron chi connectivity index (χ2n) is 8.02. The van der Waals surface area contributed by atoms with Crippen molar-refractivity contribution in [2.75, 3.05) is 6.54 Å². The van der Waals surface area contributed by atoms with Crippen LogP contribution >= 0.6 is 0 Å². The van der Waals surface area contributed by atoms with E-state index >= 15 is 0 Å². The standard InChI is InChI=1S/C23H31N3O5/c1-4-15(2)21(24-16(3)28)23(31)26-12-8-11-19(26)22(30)25-18(20(29)14-27)13-17-9-6-5-7-10-17/h5-7,9-10,14-15,18-19,21H,4,8,11-13H2,1-3H3,(H,24,28)(H,25,30)/t15-,18-,19-,21-/m0/s1. The number of nitrogens with zero attached hydrogens (tertiary/aromatic N) is 1. The summed E-state index contributed by atoms with van der Waals surface area (Å²) in [5.41, 5.74) is 0.810. The Morgan fingerprint density at radius 2 is 1.84 bits per heavy atom. The van der Waals surface area contributed by atoms with Crippen molar-refractivity contribution in [3.8, 4) is 0 Å². The minimum absolute atomic E-state index is 0.0943. The summed E-state index contributed by atoms with van der Waals surface area (Å²) in [6.45, 7) is 5.56. The minimum atomic E-state index is -0.995. The van der Waals surface area contributed by atoms with Crippen LogP contribution in [0.1, 0.15) is 45.6 Å². The predicted molar refractivity (Wildman–Crippen MR) is 115 cm³/mol. The molecule has 1 aromatic carbocycles. The summed E-state index contributed by atoms with van der Waals surface area (Å²) in [6.07, 6.45) is 2.18. The molecular weight excluding hydrogens is 398 g/mol. The molecule has 31 heavy (non-hydrogen) atoms. The molecule has 1 heterocycles. The number of nitrogens with one attached hydrogen (secondary N) is 2. The van der Waals surface area contributed by atoms with Gasteiger partial charge >= 0.3 is 0 Å². The molecule has 1 saturated heterocycles. The van der Waals surface area contributed by atoms with Crippen LogP contribution in [0.5, 0.6) is 0 Å². The van der Waals surface area contributed by atoms with E-state index in [-0.39, 0.29) is 30.4 Å². The summed E-state index contributed by atoms with van der Waals surface area (Å²) < 4.78 is 0. The van der Waals surface area contributed by atoms with Gasteiger partial charge in [-0.15, -0.1) is 0 Å². The van der Waals surface area contributed by atoms with Crippen molar-refractivity contribution in [2.45, 2.75) is 64.6 Å². The first-order valence-corrected chi connectivity index (χ1v) is 10.7. The van der Waals surface area contributed by atoms with Gasteiger partial charge in [-0.2, -0.15) is 0 Å². The molecule has 8 heteroatoms. The van der Waals surface area contributed by atoms with Gasteiger partial charge in [-0.3, -0.25) is 24.0 Å². The molecular formula is C23H31N3O5. The summed E-state index contributed by atoms with van der Waals surface area (Å²) in [6, 6.07) is 6.63. The number of benzene rings is 1. The molecule has 0 spiro atoms. The molecule has 8 nitrogen and oxygen atoms in total. The third-order valence-corrected chi connectivity index (χ3v) is 5.74. The zero-order valence-corrected chi connectivity index (χ0v) is 18.3. The Labute approximate surface area is 182 Å². The third-order valence-electron chi connectivity index (χ3n) is 5.74. The Morgan fingerprint density at radius 1 is 1.16 bits per heavy atom. The van der Waals surface area contributed by atoms with Crippen LogP contribution < -0.4 is 10.6 Å². The summed E-state index contributed by atoms with van der Waals surface area (Å²) in [7, 11) is 0. The van der Waals surface area contributed by atoms with Crippen molar-refractivity contribution in [1.82, 2.24) is 15.5 Å². The van der Waals surface area contributed by atoms with Crippen LogP contribution in [-0.2, 0) is 30.4 Å². The molecule has 3 amide bonds. The van der Waals surface area contributed by atoms with E-state index < -0.39 is 29.8 Å². The number of ketones is 1. The lowest BCUT2D eigenvalue weighted by atomic mass is 9.97. The fourth-order valence-corrected chi connectivity index (χ4v) is 3.81. The number of amides is 3. The van der Waals surface area contributed by atoms with Gasteiger partial charge in [0.1, 0.15) is 12.1 Å². The Balaban J connectivity index is 2.15. The first kappa shape index (κ1) is 24.2. The number of likely N-dealkylation sites (tertiary alicyclic amines) is 1. The van der Waals surface area contributed by atoms with E-state index in [1.807, 2.05) is 44.2 Å². The fraction of sp³-hybridized carbons (Fsp3) is 0.522. The minimum Gasteiger partial charge on any atom is -0.344 e. The Hall–Kier alpha value is -3.03. The van der Waals surface area contributed by atoms with Crippen LogP contribution in [0.15, 0.2) is 30.3 Å². The SMILES string of the molecule is CC[C@H](C)[C@H](NC(C)=O)C(=O)N1CCC[C@H]1C(=O)N[C@@H](Cc1ccccc1)C(=O)C=O. The Bertz CT molecular complexity index is 811. The molecule has 0 aliphatic carbocycles. The Morgan fingerprint density at radius 3 is 2.42 bits per heavy atom. The number of Topliss-reactive ketones (excluding diaryl/α,β-unsaturated/α-hetero) is 1. The van der Waals surface area contributed by atoms with Crippen LogP contribution in [0.25, 0.3) is 0 Å². The van der Waals surface area contributed by atoms with Gasteiger partial charge in [0.05, 0.1) is 6.04 Å². The quantitative estimate of drug-likeness (QED) is 0.426. The molecule has 0 bridgehead atoms. The number of rotatable bonds is 10. The van der Waals surface area contributed by atoms with Crippen molar-refractivity contribution >= 4 is 29.8 Å². The highest BCUT2D eigenvalue weighted by molar-refractivity contribution is 6.28. The molecule has 168 valence electrons. The van der Waals surface area contributed by atoms with Crippen molar-refractivity contribution in [3.05, 3.63) is 35.9 Å². The molecule has 4 atom stereocenters. The second-order valence-corrected chi connectivity index (χ2v) is 8.02. The first-order valence-electron chi connectivity index (χ1n) is 10.7.